The minimum absolute atomic E-state index is 0.0164. The second-order valence-electron chi connectivity index (χ2n) is 4.28. The fraction of sp³-hybridized carbons (Fsp3) is 0.357. The van der Waals surface area contributed by atoms with Crippen LogP contribution >= 0.6 is 0 Å². The van der Waals surface area contributed by atoms with Crippen LogP contribution in [0.2, 0.25) is 0 Å². The highest BCUT2D eigenvalue weighted by atomic mass is 16.5. The van der Waals surface area contributed by atoms with Crippen LogP contribution in [0.15, 0.2) is 18.2 Å². The van der Waals surface area contributed by atoms with E-state index in [2.05, 4.69) is 15.4 Å². The van der Waals surface area contributed by atoms with Crippen molar-refractivity contribution in [3.05, 3.63) is 23.8 Å². The Morgan fingerprint density at radius 1 is 1.23 bits per heavy atom. The predicted molar refractivity (Wildman–Crippen MR) is 78.2 cm³/mol. The van der Waals surface area contributed by atoms with Gasteiger partial charge in [-0.1, -0.05) is 0 Å². The molecule has 0 unspecified atom stereocenters. The van der Waals surface area contributed by atoms with E-state index in [0.29, 0.717) is 23.4 Å². The van der Waals surface area contributed by atoms with Crippen molar-refractivity contribution in [2.45, 2.75) is 12.8 Å². The highest BCUT2D eigenvalue weighted by molar-refractivity contribution is 5.94. The molecule has 1 aromatic carbocycles. The summed E-state index contributed by atoms with van der Waals surface area (Å²) < 4.78 is 9.71. The van der Waals surface area contributed by atoms with E-state index in [1.807, 2.05) is 0 Å². The predicted octanol–water partition coefficient (Wildman–Crippen LogP) is 1.47. The summed E-state index contributed by atoms with van der Waals surface area (Å²) in [5.41, 5.74) is 0.678. The molecule has 1 rings (SSSR count). The number of rotatable bonds is 7. The number of carbonyl (C=O) groups is 3. The van der Waals surface area contributed by atoms with Gasteiger partial charge in [0.05, 0.1) is 25.5 Å². The third-order valence-corrected chi connectivity index (χ3v) is 2.72. The number of esters is 1. The van der Waals surface area contributed by atoms with Crippen LogP contribution in [-0.4, -0.2) is 43.8 Å². The van der Waals surface area contributed by atoms with E-state index in [0.717, 1.165) is 0 Å². The Bertz CT molecular complexity index is 558. The van der Waals surface area contributed by atoms with E-state index in [1.165, 1.54) is 32.4 Å². The third kappa shape index (κ3) is 5.31. The van der Waals surface area contributed by atoms with Crippen molar-refractivity contribution in [2.24, 2.45) is 0 Å². The molecule has 0 fully saturated rings. The molecule has 8 heteroatoms. The van der Waals surface area contributed by atoms with E-state index in [4.69, 9.17) is 9.84 Å². The van der Waals surface area contributed by atoms with Crippen molar-refractivity contribution in [3.63, 3.8) is 0 Å². The Labute approximate surface area is 127 Å². The van der Waals surface area contributed by atoms with Gasteiger partial charge in [0.15, 0.2) is 0 Å². The van der Waals surface area contributed by atoms with Gasteiger partial charge in [-0.05, 0) is 24.6 Å². The van der Waals surface area contributed by atoms with E-state index in [-0.39, 0.29) is 13.0 Å². The van der Waals surface area contributed by atoms with Crippen molar-refractivity contribution < 1.29 is 29.0 Å². The summed E-state index contributed by atoms with van der Waals surface area (Å²) in [6.07, 6.45) is 0.318. The summed E-state index contributed by atoms with van der Waals surface area (Å²) in [6.45, 7) is 0.237. The molecule has 0 saturated heterocycles. The van der Waals surface area contributed by atoms with Gasteiger partial charge in [0.1, 0.15) is 5.75 Å². The molecule has 0 aliphatic heterocycles. The molecule has 1 aromatic rings. The number of nitrogens with one attached hydrogen (secondary N) is 2. The zero-order chi connectivity index (χ0) is 16.5. The molecule has 0 saturated carbocycles. The van der Waals surface area contributed by atoms with E-state index in [9.17, 15) is 14.4 Å². The second-order valence-corrected chi connectivity index (χ2v) is 4.28. The molecule has 120 valence electrons. The Morgan fingerprint density at radius 3 is 2.55 bits per heavy atom. The van der Waals surface area contributed by atoms with Gasteiger partial charge in [-0.15, -0.1) is 0 Å². The quantitative estimate of drug-likeness (QED) is 0.519. The molecule has 0 spiro atoms. The number of amides is 2. The molecule has 22 heavy (non-hydrogen) atoms. The average Bonchev–Trinajstić information content (AvgIpc) is 2.51. The van der Waals surface area contributed by atoms with Crippen LogP contribution in [-0.2, 0) is 9.53 Å². The Hall–Kier alpha value is -2.77. The molecular weight excluding hydrogens is 292 g/mol. The summed E-state index contributed by atoms with van der Waals surface area (Å²) in [4.78, 5) is 33.5. The summed E-state index contributed by atoms with van der Waals surface area (Å²) in [5, 5.41) is 13.6. The highest BCUT2D eigenvalue weighted by Gasteiger charge is 2.12. The molecule has 0 aromatic heterocycles. The Morgan fingerprint density at radius 2 is 1.95 bits per heavy atom. The molecule has 3 N–H and O–H groups in total. The summed E-state index contributed by atoms with van der Waals surface area (Å²) in [6, 6.07) is 3.97. The number of hydrogen-bond donors (Lipinski definition) is 3. The number of anilines is 1. The van der Waals surface area contributed by atoms with Crippen LogP contribution in [0.1, 0.15) is 23.2 Å². The molecule has 0 radical (unpaired) electrons. The number of carboxylic acid groups (broad SMARTS) is 1. The van der Waals surface area contributed by atoms with E-state index < -0.39 is 18.0 Å². The van der Waals surface area contributed by atoms with Gasteiger partial charge in [-0.2, -0.15) is 0 Å². The first-order chi connectivity index (χ1) is 10.5. The topological polar surface area (TPSA) is 114 Å². The van der Waals surface area contributed by atoms with Crippen LogP contribution in [0.3, 0.4) is 0 Å². The minimum Gasteiger partial charge on any atom is -0.495 e. The lowest BCUT2D eigenvalue weighted by atomic mass is 10.2. The zero-order valence-corrected chi connectivity index (χ0v) is 12.3. The first-order valence-corrected chi connectivity index (χ1v) is 6.51. The van der Waals surface area contributed by atoms with Gasteiger partial charge in [-0.25, -0.2) is 9.59 Å². The van der Waals surface area contributed by atoms with Crippen LogP contribution in [0.5, 0.6) is 5.75 Å². The van der Waals surface area contributed by atoms with Crippen LogP contribution in [0.4, 0.5) is 10.5 Å². The van der Waals surface area contributed by atoms with Crippen molar-refractivity contribution in [2.75, 3.05) is 26.1 Å². The molecule has 8 nitrogen and oxygen atoms in total. The van der Waals surface area contributed by atoms with Crippen molar-refractivity contribution >= 4 is 23.7 Å². The van der Waals surface area contributed by atoms with Gasteiger partial charge in [-0.3, -0.25) is 4.79 Å². The molecule has 0 bridgehead atoms. The standard InChI is InChI=1S/C14H18N2O6/c1-21-11-8-9(13(19)22-2)5-6-10(11)16-14(20)15-7-3-4-12(17)18/h5-6,8H,3-4,7H2,1-2H3,(H,17,18)(H2,15,16,20). The summed E-state index contributed by atoms with van der Waals surface area (Å²) in [5.74, 6) is -1.12. The number of hydrogen-bond acceptors (Lipinski definition) is 5. The highest BCUT2D eigenvalue weighted by Crippen LogP contribution is 2.25. The molecule has 0 aliphatic rings. The lowest BCUT2D eigenvalue weighted by molar-refractivity contribution is -0.137. The summed E-state index contributed by atoms with van der Waals surface area (Å²) >= 11 is 0. The number of methoxy groups -OCH3 is 2. The van der Waals surface area contributed by atoms with Crippen molar-refractivity contribution in [3.8, 4) is 5.75 Å². The molecule has 2 amide bonds. The number of ether oxygens (including phenoxy) is 2. The largest absolute Gasteiger partial charge is 0.495 e. The van der Waals surface area contributed by atoms with Gasteiger partial charge < -0.3 is 25.2 Å². The first-order valence-electron chi connectivity index (χ1n) is 6.51. The fourth-order valence-electron chi connectivity index (χ4n) is 1.65. The normalized spacial score (nSPS) is 9.73. The molecule has 0 aliphatic carbocycles. The average molecular weight is 310 g/mol. The fourth-order valence-corrected chi connectivity index (χ4v) is 1.65. The number of carboxylic acids is 1. The van der Waals surface area contributed by atoms with Crippen LogP contribution in [0.25, 0.3) is 0 Å². The molecule has 0 heterocycles. The van der Waals surface area contributed by atoms with Crippen molar-refractivity contribution in [1.29, 1.82) is 0 Å². The lowest BCUT2D eigenvalue weighted by Gasteiger charge is -2.12. The van der Waals surface area contributed by atoms with Gasteiger partial charge >= 0.3 is 18.0 Å². The van der Waals surface area contributed by atoms with Gasteiger partial charge in [0.2, 0.25) is 0 Å². The maximum atomic E-state index is 11.7. The second kappa shape index (κ2) is 8.50. The number of benzene rings is 1. The SMILES string of the molecule is COC(=O)c1ccc(NC(=O)NCCCC(=O)O)c(OC)c1. The smallest absolute Gasteiger partial charge is 0.337 e. The lowest BCUT2D eigenvalue weighted by Crippen LogP contribution is -2.30. The maximum absolute atomic E-state index is 11.7. The monoisotopic (exact) mass is 310 g/mol. The van der Waals surface area contributed by atoms with Crippen molar-refractivity contribution in [1.82, 2.24) is 5.32 Å². The maximum Gasteiger partial charge on any atom is 0.337 e. The first kappa shape index (κ1) is 17.3. The Balaban J connectivity index is 2.62. The molecular formula is C14H18N2O6. The van der Waals surface area contributed by atoms with Gasteiger partial charge in [0, 0.05) is 13.0 Å². The number of aliphatic carboxylic acids is 1. The zero-order valence-electron chi connectivity index (χ0n) is 12.3. The summed E-state index contributed by atoms with van der Waals surface area (Å²) in [7, 11) is 2.68. The van der Waals surface area contributed by atoms with Crippen LogP contribution in [0, 0.1) is 0 Å². The number of urea groups is 1. The minimum atomic E-state index is -0.915. The molecule has 0 atom stereocenters. The van der Waals surface area contributed by atoms with Crippen LogP contribution < -0.4 is 15.4 Å². The van der Waals surface area contributed by atoms with E-state index >= 15 is 0 Å². The number of carbonyl (C=O) groups excluding carboxylic acids is 2. The van der Waals surface area contributed by atoms with Gasteiger partial charge in [0.25, 0.3) is 0 Å². The Kier molecular flexibility index (Phi) is 6.68. The van der Waals surface area contributed by atoms with E-state index in [1.54, 1.807) is 0 Å². The third-order valence-electron chi connectivity index (χ3n) is 2.72.